The highest BCUT2D eigenvalue weighted by atomic mass is 32.2. The Morgan fingerprint density at radius 3 is 2.59 bits per heavy atom. The molecule has 7 heteroatoms. The number of hydrogen-bond donors (Lipinski definition) is 0. The quantitative estimate of drug-likeness (QED) is 0.602. The number of esters is 1. The zero-order valence-corrected chi connectivity index (χ0v) is 13.9. The molecule has 0 saturated carbocycles. The van der Waals surface area contributed by atoms with E-state index in [1.807, 2.05) is 35.9 Å². The first kappa shape index (κ1) is 16.4. The smallest absolute Gasteiger partial charge is 0.319 e. The molecule has 2 rings (SSSR count). The monoisotopic (exact) mass is 321 g/mol. The normalized spacial score (nSPS) is 12.0. The molecule has 1 heterocycles. The van der Waals surface area contributed by atoms with Crippen LogP contribution in [-0.4, -0.2) is 39.7 Å². The summed E-state index contributed by atoms with van der Waals surface area (Å²) in [7, 11) is 3.50. The average Bonchev–Trinajstić information content (AvgIpc) is 2.88. The number of carbonyl (C=O) groups excluding carboxylic acids is 1. The van der Waals surface area contributed by atoms with Gasteiger partial charge in [0.1, 0.15) is 11.0 Å². The van der Waals surface area contributed by atoms with Crippen molar-refractivity contribution in [2.75, 3.05) is 13.7 Å². The van der Waals surface area contributed by atoms with Crippen molar-refractivity contribution in [2.24, 2.45) is 7.05 Å². The van der Waals surface area contributed by atoms with E-state index in [-0.39, 0.29) is 11.2 Å². The third-order valence-electron chi connectivity index (χ3n) is 3.08. The molecule has 1 aromatic carbocycles. The Hall–Kier alpha value is -2.02. The van der Waals surface area contributed by atoms with Gasteiger partial charge in [-0.05, 0) is 38.1 Å². The van der Waals surface area contributed by atoms with Crippen LogP contribution in [0, 0.1) is 0 Å². The summed E-state index contributed by atoms with van der Waals surface area (Å²) in [5.41, 5.74) is 0.937. The lowest BCUT2D eigenvalue weighted by atomic mass is 10.2. The van der Waals surface area contributed by atoms with Crippen molar-refractivity contribution in [1.82, 2.24) is 14.8 Å². The van der Waals surface area contributed by atoms with Gasteiger partial charge in [0, 0.05) is 12.6 Å². The summed E-state index contributed by atoms with van der Waals surface area (Å²) >= 11 is 1.33. The number of methoxy groups -OCH3 is 1. The van der Waals surface area contributed by atoms with Gasteiger partial charge in [-0.25, -0.2) is 0 Å². The van der Waals surface area contributed by atoms with Crippen molar-refractivity contribution < 1.29 is 14.3 Å². The zero-order chi connectivity index (χ0) is 16.1. The number of benzene rings is 1. The van der Waals surface area contributed by atoms with E-state index in [4.69, 9.17) is 9.47 Å². The van der Waals surface area contributed by atoms with E-state index in [0.717, 1.165) is 17.1 Å². The average molecular weight is 321 g/mol. The minimum Gasteiger partial charge on any atom is -0.497 e. The van der Waals surface area contributed by atoms with E-state index < -0.39 is 0 Å². The fourth-order valence-electron chi connectivity index (χ4n) is 1.87. The van der Waals surface area contributed by atoms with Crippen LogP contribution in [0.1, 0.15) is 13.8 Å². The maximum atomic E-state index is 11.7. The van der Waals surface area contributed by atoms with Crippen LogP contribution in [0.2, 0.25) is 0 Å². The van der Waals surface area contributed by atoms with E-state index in [0.29, 0.717) is 11.8 Å². The maximum Gasteiger partial charge on any atom is 0.319 e. The molecular formula is C15H19N3O3S. The summed E-state index contributed by atoms with van der Waals surface area (Å²) in [5, 5.41) is 8.70. The minimum atomic E-state index is -0.327. The van der Waals surface area contributed by atoms with Crippen molar-refractivity contribution in [3.8, 4) is 17.1 Å². The Balaban J connectivity index is 2.16. The van der Waals surface area contributed by atoms with Crippen LogP contribution in [0.5, 0.6) is 5.75 Å². The standard InChI is InChI=1S/C15H19N3O3S/c1-5-21-14(19)10(2)22-15-17-16-13(18(15)3)11-6-8-12(20-4)9-7-11/h6-10H,5H2,1-4H3/t10-/m1/s1. The molecule has 0 aliphatic carbocycles. The molecular weight excluding hydrogens is 302 g/mol. The molecule has 0 N–H and O–H groups in total. The van der Waals surface area contributed by atoms with Crippen LogP contribution in [0.15, 0.2) is 29.4 Å². The predicted octanol–water partition coefficient (Wildman–Crippen LogP) is 2.53. The first-order valence-electron chi connectivity index (χ1n) is 6.94. The Morgan fingerprint density at radius 1 is 1.32 bits per heavy atom. The number of carbonyl (C=O) groups is 1. The van der Waals surface area contributed by atoms with Gasteiger partial charge in [0.15, 0.2) is 11.0 Å². The van der Waals surface area contributed by atoms with Crippen LogP contribution in [0.4, 0.5) is 0 Å². The van der Waals surface area contributed by atoms with Crippen molar-refractivity contribution >= 4 is 17.7 Å². The molecule has 0 aliphatic heterocycles. The number of hydrogen-bond acceptors (Lipinski definition) is 6. The van der Waals surface area contributed by atoms with E-state index in [9.17, 15) is 4.79 Å². The van der Waals surface area contributed by atoms with Gasteiger partial charge in [0.05, 0.1) is 13.7 Å². The van der Waals surface area contributed by atoms with Gasteiger partial charge in [-0.3, -0.25) is 4.79 Å². The number of rotatable bonds is 6. The molecule has 0 radical (unpaired) electrons. The lowest BCUT2D eigenvalue weighted by Crippen LogP contribution is -2.17. The van der Waals surface area contributed by atoms with Crippen molar-refractivity contribution in [3.63, 3.8) is 0 Å². The fourth-order valence-corrected chi connectivity index (χ4v) is 2.69. The lowest BCUT2D eigenvalue weighted by molar-refractivity contribution is -0.142. The van der Waals surface area contributed by atoms with Crippen LogP contribution in [0.25, 0.3) is 11.4 Å². The molecule has 0 amide bonds. The van der Waals surface area contributed by atoms with Crippen LogP contribution in [0.3, 0.4) is 0 Å². The number of thioether (sulfide) groups is 1. The van der Waals surface area contributed by atoms with Crippen LogP contribution < -0.4 is 4.74 Å². The van der Waals surface area contributed by atoms with Gasteiger partial charge in [-0.2, -0.15) is 0 Å². The van der Waals surface area contributed by atoms with Gasteiger partial charge >= 0.3 is 5.97 Å². The number of aromatic nitrogens is 3. The SMILES string of the molecule is CCOC(=O)[C@@H](C)Sc1nnc(-c2ccc(OC)cc2)n1C. The lowest BCUT2D eigenvalue weighted by Gasteiger charge is -2.09. The topological polar surface area (TPSA) is 66.2 Å². The van der Waals surface area contributed by atoms with Gasteiger partial charge in [-0.15, -0.1) is 10.2 Å². The second kappa shape index (κ2) is 7.31. The molecule has 2 aromatic rings. The summed E-state index contributed by atoms with van der Waals surface area (Å²) in [6, 6.07) is 7.59. The molecule has 1 aromatic heterocycles. The summed E-state index contributed by atoms with van der Waals surface area (Å²) in [6.07, 6.45) is 0. The Labute approximate surface area is 133 Å². The molecule has 1 atom stereocenters. The second-order valence-corrected chi connectivity index (χ2v) is 5.91. The summed E-state index contributed by atoms with van der Waals surface area (Å²) < 4.78 is 12.0. The molecule has 0 aliphatic rings. The largest absolute Gasteiger partial charge is 0.497 e. The maximum absolute atomic E-state index is 11.7. The molecule has 118 valence electrons. The Bertz CT molecular complexity index is 640. The first-order valence-corrected chi connectivity index (χ1v) is 7.81. The summed E-state index contributed by atoms with van der Waals surface area (Å²) in [6.45, 7) is 3.96. The highest BCUT2D eigenvalue weighted by Crippen LogP contribution is 2.27. The summed E-state index contributed by atoms with van der Waals surface area (Å²) in [4.78, 5) is 11.7. The van der Waals surface area contributed by atoms with Gasteiger partial charge in [0.25, 0.3) is 0 Å². The molecule has 0 fully saturated rings. The van der Waals surface area contributed by atoms with E-state index >= 15 is 0 Å². The molecule has 22 heavy (non-hydrogen) atoms. The van der Waals surface area contributed by atoms with Gasteiger partial charge in [0.2, 0.25) is 0 Å². The Morgan fingerprint density at radius 2 is 2.00 bits per heavy atom. The molecule has 0 saturated heterocycles. The van der Waals surface area contributed by atoms with E-state index in [1.165, 1.54) is 11.8 Å². The van der Waals surface area contributed by atoms with Crippen molar-refractivity contribution in [3.05, 3.63) is 24.3 Å². The Kier molecular flexibility index (Phi) is 5.43. The predicted molar refractivity (Wildman–Crippen MR) is 84.9 cm³/mol. The first-order chi connectivity index (χ1) is 10.6. The minimum absolute atomic E-state index is 0.249. The fraction of sp³-hybridized carbons (Fsp3) is 0.400. The van der Waals surface area contributed by atoms with Gasteiger partial charge in [-0.1, -0.05) is 11.8 Å². The highest BCUT2D eigenvalue weighted by molar-refractivity contribution is 8.00. The molecule has 6 nitrogen and oxygen atoms in total. The molecule has 0 spiro atoms. The van der Waals surface area contributed by atoms with Crippen LogP contribution in [-0.2, 0) is 16.6 Å². The van der Waals surface area contributed by atoms with Gasteiger partial charge < -0.3 is 14.0 Å². The third kappa shape index (κ3) is 3.59. The number of nitrogens with zero attached hydrogens (tertiary/aromatic N) is 3. The highest BCUT2D eigenvalue weighted by Gasteiger charge is 2.20. The zero-order valence-electron chi connectivity index (χ0n) is 13.1. The van der Waals surface area contributed by atoms with E-state index in [2.05, 4.69) is 10.2 Å². The van der Waals surface area contributed by atoms with E-state index in [1.54, 1.807) is 21.0 Å². The molecule has 0 unspecified atom stereocenters. The summed E-state index contributed by atoms with van der Waals surface area (Å²) in [5.74, 6) is 1.28. The molecule has 0 bridgehead atoms. The van der Waals surface area contributed by atoms with Crippen molar-refractivity contribution in [1.29, 1.82) is 0 Å². The van der Waals surface area contributed by atoms with Crippen molar-refractivity contribution in [2.45, 2.75) is 24.3 Å². The second-order valence-electron chi connectivity index (χ2n) is 4.61. The third-order valence-corrected chi connectivity index (χ3v) is 4.20. The number of ether oxygens (including phenoxy) is 2. The van der Waals surface area contributed by atoms with Crippen LogP contribution >= 0.6 is 11.8 Å².